The summed E-state index contributed by atoms with van der Waals surface area (Å²) in [6, 6.07) is 13.2. The van der Waals surface area contributed by atoms with E-state index in [0.717, 1.165) is 29.7 Å². The number of aliphatic hydroxyl groups is 2. The number of aliphatic hydroxyl groups excluding tert-OH is 2. The van der Waals surface area contributed by atoms with Crippen LogP contribution in [-0.4, -0.2) is 67.1 Å². The van der Waals surface area contributed by atoms with Crippen LogP contribution in [-0.2, 0) is 22.4 Å². The van der Waals surface area contributed by atoms with Gasteiger partial charge in [-0.2, -0.15) is 0 Å². The summed E-state index contributed by atoms with van der Waals surface area (Å²) in [4.78, 5) is 28.5. The lowest BCUT2D eigenvalue weighted by molar-refractivity contribution is -0.119. The van der Waals surface area contributed by atoms with E-state index in [9.17, 15) is 19.8 Å². The number of methoxy groups -OCH3 is 1. The van der Waals surface area contributed by atoms with Gasteiger partial charge in [0.15, 0.2) is 0 Å². The molecule has 0 saturated heterocycles. The number of hydrogen-bond donors (Lipinski definition) is 3. The van der Waals surface area contributed by atoms with Crippen molar-refractivity contribution in [3.8, 4) is 0 Å². The number of carbonyl (C=O) groups excluding carboxylic acids is 2. The van der Waals surface area contributed by atoms with E-state index in [1.165, 1.54) is 7.11 Å². The van der Waals surface area contributed by atoms with Gasteiger partial charge in [0.05, 0.1) is 38.2 Å². The van der Waals surface area contributed by atoms with Crippen LogP contribution in [0.15, 0.2) is 42.5 Å². The third-order valence-corrected chi connectivity index (χ3v) is 5.09. The molecule has 3 rings (SSSR count). The van der Waals surface area contributed by atoms with Crippen LogP contribution >= 0.6 is 0 Å². The van der Waals surface area contributed by atoms with Crippen molar-refractivity contribution in [2.24, 2.45) is 0 Å². The van der Waals surface area contributed by atoms with Crippen LogP contribution < -0.4 is 10.2 Å². The molecule has 8 heteroatoms. The lowest BCUT2D eigenvalue weighted by Gasteiger charge is -2.28. The van der Waals surface area contributed by atoms with Crippen molar-refractivity contribution in [2.45, 2.75) is 12.8 Å². The molecular formula is C22H27N3O5. The summed E-state index contributed by atoms with van der Waals surface area (Å²) in [6.45, 7) is 0.419. The van der Waals surface area contributed by atoms with E-state index in [0.29, 0.717) is 24.5 Å². The molecule has 0 radical (unpaired) electrons. The fraction of sp³-hybridized carbons (Fsp3) is 0.364. The molecule has 0 fully saturated rings. The number of nitrogens with zero attached hydrogens (tertiary/aromatic N) is 2. The standard InChI is InChI=1S/C22H27N3O5/c1-30-22(29)23-18-9-8-17-7-6-16-4-2-3-5-19(16)25(20(17)14-18)21(28)15-24(10-12-26)11-13-27/h2-5,8-9,14,26-27H,6-7,10-13,15H2,1H3,(H,23,29). The molecule has 0 bridgehead atoms. The predicted molar refractivity (Wildman–Crippen MR) is 114 cm³/mol. The number of ether oxygens (including phenoxy) is 1. The lowest BCUT2D eigenvalue weighted by atomic mass is 10.0. The topological polar surface area (TPSA) is 102 Å². The van der Waals surface area contributed by atoms with Crippen molar-refractivity contribution < 1.29 is 24.5 Å². The highest BCUT2D eigenvalue weighted by molar-refractivity contribution is 6.04. The van der Waals surface area contributed by atoms with E-state index in [2.05, 4.69) is 10.1 Å². The molecule has 1 aliphatic heterocycles. The molecular weight excluding hydrogens is 386 g/mol. The molecule has 3 N–H and O–H groups in total. The minimum Gasteiger partial charge on any atom is -0.453 e. The molecule has 0 atom stereocenters. The summed E-state index contributed by atoms with van der Waals surface area (Å²) < 4.78 is 4.68. The summed E-state index contributed by atoms with van der Waals surface area (Å²) in [5, 5.41) is 21.2. The van der Waals surface area contributed by atoms with Gasteiger partial charge in [0.1, 0.15) is 0 Å². The number of carbonyl (C=O) groups is 2. The third kappa shape index (κ3) is 4.96. The minimum absolute atomic E-state index is 0.0452. The number of hydrogen-bond acceptors (Lipinski definition) is 6. The molecule has 160 valence electrons. The summed E-state index contributed by atoms with van der Waals surface area (Å²) >= 11 is 0. The highest BCUT2D eigenvalue weighted by Crippen LogP contribution is 2.37. The molecule has 8 nitrogen and oxygen atoms in total. The first-order chi connectivity index (χ1) is 14.6. The van der Waals surface area contributed by atoms with Gasteiger partial charge in [0.25, 0.3) is 0 Å². The summed E-state index contributed by atoms with van der Waals surface area (Å²) in [6.07, 6.45) is 0.957. The third-order valence-electron chi connectivity index (χ3n) is 5.09. The second kappa shape index (κ2) is 10.2. The molecule has 0 aliphatic carbocycles. The minimum atomic E-state index is -0.584. The Hall–Kier alpha value is -2.94. The number of anilines is 3. The van der Waals surface area contributed by atoms with Crippen LogP contribution in [0.25, 0.3) is 0 Å². The number of aryl methyl sites for hydroxylation is 2. The fourth-order valence-corrected chi connectivity index (χ4v) is 3.65. The average Bonchev–Trinajstić information content (AvgIpc) is 2.90. The van der Waals surface area contributed by atoms with Gasteiger partial charge in [-0.25, -0.2) is 4.79 Å². The van der Waals surface area contributed by atoms with Gasteiger partial charge < -0.3 is 14.9 Å². The predicted octanol–water partition coefficient (Wildman–Crippen LogP) is 1.91. The number of nitrogens with one attached hydrogen (secondary N) is 1. The van der Waals surface area contributed by atoms with Crippen molar-refractivity contribution in [1.82, 2.24) is 4.90 Å². The first-order valence-corrected chi connectivity index (χ1v) is 9.90. The SMILES string of the molecule is COC(=O)Nc1ccc2c(c1)N(C(=O)CN(CCO)CCO)c1ccccc1CC2. The largest absolute Gasteiger partial charge is 0.453 e. The normalized spacial score (nSPS) is 12.7. The zero-order valence-corrected chi connectivity index (χ0v) is 17.0. The quantitative estimate of drug-likeness (QED) is 0.641. The summed E-state index contributed by atoms with van der Waals surface area (Å²) in [7, 11) is 1.29. The molecule has 0 spiro atoms. The van der Waals surface area contributed by atoms with E-state index in [4.69, 9.17) is 0 Å². The van der Waals surface area contributed by atoms with Crippen LogP contribution in [0.1, 0.15) is 11.1 Å². The molecule has 1 aliphatic rings. The zero-order chi connectivity index (χ0) is 21.5. The Morgan fingerprint density at radius 2 is 1.70 bits per heavy atom. The molecule has 2 aromatic rings. The van der Waals surface area contributed by atoms with Crippen molar-refractivity contribution in [1.29, 1.82) is 0 Å². The second-order valence-corrected chi connectivity index (χ2v) is 7.04. The van der Waals surface area contributed by atoms with E-state index >= 15 is 0 Å². The smallest absolute Gasteiger partial charge is 0.411 e. The first kappa shape index (κ1) is 21.8. The summed E-state index contributed by atoms with van der Waals surface area (Å²) in [5.41, 5.74) is 4.07. The van der Waals surface area contributed by atoms with Crippen LogP contribution in [0.3, 0.4) is 0 Å². The molecule has 0 unspecified atom stereocenters. The van der Waals surface area contributed by atoms with Crippen molar-refractivity contribution >= 4 is 29.1 Å². The Balaban J connectivity index is 2.02. The number of fused-ring (bicyclic) bond motifs is 2. The Kier molecular flexibility index (Phi) is 7.40. The van der Waals surface area contributed by atoms with Gasteiger partial charge in [-0.1, -0.05) is 24.3 Å². The van der Waals surface area contributed by atoms with Crippen LogP contribution in [0, 0.1) is 0 Å². The average molecular weight is 413 g/mol. The molecule has 2 amide bonds. The molecule has 1 heterocycles. The van der Waals surface area contributed by atoms with E-state index in [1.54, 1.807) is 21.9 Å². The maximum atomic E-state index is 13.4. The second-order valence-electron chi connectivity index (χ2n) is 7.04. The maximum absolute atomic E-state index is 13.4. The Morgan fingerprint density at radius 1 is 1.03 bits per heavy atom. The zero-order valence-electron chi connectivity index (χ0n) is 17.0. The van der Waals surface area contributed by atoms with Gasteiger partial charge in [0.2, 0.25) is 5.91 Å². The fourth-order valence-electron chi connectivity index (χ4n) is 3.65. The molecule has 2 aromatic carbocycles. The highest BCUT2D eigenvalue weighted by Gasteiger charge is 2.27. The number of amides is 2. The van der Waals surface area contributed by atoms with Crippen LogP contribution in [0.4, 0.5) is 21.9 Å². The number of benzene rings is 2. The van der Waals surface area contributed by atoms with Crippen molar-refractivity contribution in [3.63, 3.8) is 0 Å². The number of para-hydroxylation sites is 1. The van der Waals surface area contributed by atoms with Crippen LogP contribution in [0.2, 0.25) is 0 Å². The Morgan fingerprint density at radius 3 is 2.37 bits per heavy atom. The molecule has 0 saturated carbocycles. The van der Waals surface area contributed by atoms with Gasteiger partial charge in [0, 0.05) is 18.8 Å². The Labute approximate surface area is 175 Å². The Bertz CT molecular complexity index is 896. The van der Waals surface area contributed by atoms with Gasteiger partial charge >= 0.3 is 6.09 Å². The van der Waals surface area contributed by atoms with Gasteiger partial charge in [-0.15, -0.1) is 0 Å². The molecule has 0 aromatic heterocycles. The van der Waals surface area contributed by atoms with Crippen molar-refractivity contribution in [3.05, 3.63) is 53.6 Å². The van der Waals surface area contributed by atoms with Crippen LogP contribution in [0.5, 0.6) is 0 Å². The maximum Gasteiger partial charge on any atom is 0.411 e. The number of rotatable bonds is 7. The van der Waals surface area contributed by atoms with E-state index in [1.807, 2.05) is 30.3 Å². The summed E-state index contributed by atoms with van der Waals surface area (Å²) in [5.74, 6) is -0.178. The molecule has 30 heavy (non-hydrogen) atoms. The van der Waals surface area contributed by atoms with Gasteiger partial charge in [-0.3, -0.25) is 19.9 Å². The monoisotopic (exact) mass is 413 g/mol. The van der Waals surface area contributed by atoms with E-state index < -0.39 is 6.09 Å². The lowest BCUT2D eigenvalue weighted by Crippen LogP contribution is -2.41. The van der Waals surface area contributed by atoms with E-state index in [-0.39, 0.29) is 25.7 Å². The van der Waals surface area contributed by atoms with Gasteiger partial charge in [-0.05, 0) is 42.2 Å². The highest BCUT2D eigenvalue weighted by atomic mass is 16.5. The first-order valence-electron chi connectivity index (χ1n) is 9.90. The van der Waals surface area contributed by atoms with Crippen molar-refractivity contribution in [2.75, 3.05) is 50.2 Å².